The number of hydrogen-bond donors (Lipinski definition) is 1. The van der Waals surface area contributed by atoms with Crippen LogP contribution in [0.5, 0.6) is 23.4 Å². The maximum atomic E-state index is 15.1. The molecule has 0 atom stereocenters. The highest BCUT2D eigenvalue weighted by atomic mass is 19.1. The van der Waals surface area contributed by atoms with Crippen molar-refractivity contribution in [3.63, 3.8) is 0 Å². The molecule has 0 spiro atoms. The number of rotatable bonds is 8. The quantitative estimate of drug-likeness (QED) is 0.307. The molecule has 5 rings (SSSR count). The minimum Gasteiger partial charge on any atom is -0.497 e. The summed E-state index contributed by atoms with van der Waals surface area (Å²) in [7, 11) is 5.05. The molecule has 0 saturated carbocycles. The largest absolute Gasteiger partial charge is 0.497 e. The van der Waals surface area contributed by atoms with Crippen molar-refractivity contribution in [2.24, 2.45) is 7.05 Å². The Hall–Kier alpha value is -4.73. The van der Waals surface area contributed by atoms with Crippen LogP contribution in [0.4, 0.5) is 10.2 Å². The van der Waals surface area contributed by atoms with E-state index in [2.05, 4.69) is 25.5 Å². The van der Waals surface area contributed by atoms with Gasteiger partial charge in [-0.2, -0.15) is 0 Å². The number of hydrogen-bond acceptors (Lipinski definition) is 8. The Bertz CT molecular complexity index is 1570. The van der Waals surface area contributed by atoms with E-state index in [9.17, 15) is 0 Å². The van der Waals surface area contributed by atoms with Crippen LogP contribution in [0.1, 0.15) is 11.3 Å². The average molecular weight is 501 g/mol. The average Bonchev–Trinajstić information content (AvgIpc) is 3.26. The molecule has 0 saturated heterocycles. The topological polar surface area (TPSA) is 96.2 Å². The van der Waals surface area contributed by atoms with Crippen molar-refractivity contribution in [1.82, 2.24) is 24.7 Å². The van der Waals surface area contributed by atoms with Crippen LogP contribution in [0, 0.1) is 12.7 Å². The Labute approximate surface area is 212 Å². The van der Waals surface area contributed by atoms with E-state index >= 15 is 4.39 Å². The molecular weight excluding hydrogens is 475 g/mol. The lowest BCUT2D eigenvalue weighted by Gasteiger charge is -2.11. The molecule has 3 heterocycles. The van der Waals surface area contributed by atoms with E-state index in [4.69, 9.17) is 14.2 Å². The molecule has 10 heteroatoms. The van der Waals surface area contributed by atoms with Crippen LogP contribution >= 0.6 is 0 Å². The third kappa shape index (κ3) is 4.86. The van der Waals surface area contributed by atoms with Gasteiger partial charge in [-0.05, 0) is 48.4 Å². The summed E-state index contributed by atoms with van der Waals surface area (Å²) >= 11 is 0. The van der Waals surface area contributed by atoms with Crippen LogP contribution in [-0.4, -0.2) is 39.0 Å². The summed E-state index contributed by atoms with van der Waals surface area (Å²) < 4.78 is 33.3. The first-order chi connectivity index (χ1) is 18.0. The van der Waals surface area contributed by atoms with Gasteiger partial charge in [0.05, 0.1) is 19.6 Å². The minimum absolute atomic E-state index is 0.0322. The molecule has 0 aliphatic rings. The van der Waals surface area contributed by atoms with Gasteiger partial charge in [0.25, 0.3) is 5.88 Å². The molecule has 2 aromatic carbocycles. The summed E-state index contributed by atoms with van der Waals surface area (Å²) in [5.41, 5.74) is 3.90. The normalized spacial score (nSPS) is 10.9. The Morgan fingerprint density at radius 2 is 1.81 bits per heavy atom. The third-order valence-electron chi connectivity index (χ3n) is 5.89. The van der Waals surface area contributed by atoms with Crippen molar-refractivity contribution in [1.29, 1.82) is 0 Å². The number of aromatic nitrogens is 5. The second-order valence-corrected chi connectivity index (χ2v) is 8.36. The second kappa shape index (κ2) is 10.1. The zero-order valence-electron chi connectivity index (χ0n) is 20.8. The van der Waals surface area contributed by atoms with Crippen molar-refractivity contribution in [2.45, 2.75) is 13.5 Å². The Morgan fingerprint density at radius 1 is 1.00 bits per heavy atom. The van der Waals surface area contributed by atoms with Gasteiger partial charge in [0.2, 0.25) is 0 Å². The number of ether oxygens (including phenoxy) is 3. The van der Waals surface area contributed by atoms with Crippen LogP contribution in [0.3, 0.4) is 0 Å². The number of anilines is 1. The van der Waals surface area contributed by atoms with Gasteiger partial charge in [-0.3, -0.25) is 0 Å². The lowest BCUT2D eigenvalue weighted by molar-refractivity contribution is 0.396. The summed E-state index contributed by atoms with van der Waals surface area (Å²) in [4.78, 5) is 8.21. The van der Waals surface area contributed by atoms with Crippen molar-refractivity contribution in [2.75, 3.05) is 19.5 Å². The fraction of sp³-hybridized carbons (Fsp3) is 0.185. The Morgan fingerprint density at radius 3 is 2.51 bits per heavy atom. The first kappa shape index (κ1) is 24.0. The van der Waals surface area contributed by atoms with Gasteiger partial charge in [0, 0.05) is 37.2 Å². The highest BCUT2D eigenvalue weighted by Crippen LogP contribution is 2.39. The van der Waals surface area contributed by atoms with Crippen molar-refractivity contribution < 1.29 is 18.6 Å². The number of nitrogens with zero attached hydrogens (tertiary/aromatic N) is 5. The summed E-state index contributed by atoms with van der Waals surface area (Å²) in [6.45, 7) is 2.32. The van der Waals surface area contributed by atoms with Gasteiger partial charge in [0.15, 0.2) is 17.4 Å². The monoisotopic (exact) mass is 500 g/mol. The molecule has 1 N–H and O–H groups in total. The summed E-state index contributed by atoms with van der Waals surface area (Å²) in [6.07, 6.45) is 3.46. The molecule has 0 aliphatic carbocycles. The van der Waals surface area contributed by atoms with Gasteiger partial charge >= 0.3 is 6.01 Å². The second-order valence-electron chi connectivity index (χ2n) is 8.36. The summed E-state index contributed by atoms with van der Waals surface area (Å²) in [5, 5.41) is 12.7. The van der Waals surface area contributed by atoms with E-state index in [-0.39, 0.29) is 11.8 Å². The molecular formula is C27H25FN6O3. The van der Waals surface area contributed by atoms with Crippen LogP contribution in [-0.2, 0) is 13.6 Å². The van der Waals surface area contributed by atoms with E-state index in [1.54, 1.807) is 38.6 Å². The highest BCUT2D eigenvalue weighted by molar-refractivity contribution is 6.04. The van der Waals surface area contributed by atoms with Crippen molar-refractivity contribution >= 4 is 16.7 Å². The molecule has 0 aliphatic heterocycles. The molecule has 9 nitrogen and oxygen atoms in total. The van der Waals surface area contributed by atoms with Crippen molar-refractivity contribution in [3.8, 4) is 34.5 Å². The molecule has 0 radical (unpaired) electrons. The molecule has 0 fully saturated rings. The predicted molar refractivity (Wildman–Crippen MR) is 138 cm³/mol. The standard InChI is InChI=1S/C27H25FN6O3/c1-16-11-12-29-27(31-16)37-22-10-7-18(13-21(22)28)20-15-34(2)24-23(20)25(32-33-26(24)36-4)30-14-17-5-8-19(35-3)9-6-17/h5-13,15H,14H2,1-4H3,(H,30,32). The van der Waals surface area contributed by atoms with Crippen LogP contribution in [0.25, 0.3) is 22.0 Å². The van der Waals surface area contributed by atoms with Gasteiger partial charge < -0.3 is 24.1 Å². The zero-order valence-corrected chi connectivity index (χ0v) is 20.8. The maximum Gasteiger partial charge on any atom is 0.322 e. The summed E-state index contributed by atoms with van der Waals surface area (Å²) in [5.74, 6) is 1.20. The van der Waals surface area contributed by atoms with E-state index in [1.165, 1.54) is 6.07 Å². The van der Waals surface area contributed by atoms with E-state index < -0.39 is 5.82 Å². The number of nitrogens with one attached hydrogen (secondary N) is 1. The van der Waals surface area contributed by atoms with E-state index in [0.717, 1.165) is 33.5 Å². The molecule has 188 valence electrons. The van der Waals surface area contributed by atoms with E-state index in [1.807, 2.05) is 49.0 Å². The number of aryl methyl sites for hydroxylation is 2. The van der Waals surface area contributed by atoms with E-state index in [0.29, 0.717) is 23.8 Å². The molecule has 37 heavy (non-hydrogen) atoms. The Balaban J connectivity index is 1.51. The lowest BCUT2D eigenvalue weighted by atomic mass is 10.0. The number of benzene rings is 2. The fourth-order valence-corrected chi connectivity index (χ4v) is 4.05. The van der Waals surface area contributed by atoms with Crippen LogP contribution < -0.4 is 19.5 Å². The SMILES string of the molecule is COc1ccc(CNc2nnc(OC)c3c2c(-c2ccc(Oc4nccc(C)n4)c(F)c2)cn3C)cc1. The van der Waals surface area contributed by atoms with Crippen molar-refractivity contribution in [3.05, 3.63) is 78.0 Å². The van der Waals surface area contributed by atoms with Crippen LogP contribution in [0.2, 0.25) is 0 Å². The molecule has 3 aromatic heterocycles. The molecule has 0 unspecified atom stereocenters. The number of halogens is 1. The lowest BCUT2D eigenvalue weighted by Crippen LogP contribution is -2.05. The van der Waals surface area contributed by atoms with Gasteiger partial charge in [-0.15, -0.1) is 10.2 Å². The third-order valence-corrected chi connectivity index (χ3v) is 5.89. The number of methoxy groups -OCH3 is 2. The van der Waals surface area contributed by atoms with Crippen LogP contribution in [0.15, 0.2) is 60.9 Å². The fourth-order valence-electron chi connectivity index (χ4n) is 4.05. The van der Waals surface area contributed by atoms with Gasteiger partial charge in [-0.25, -0.2) is 14.4 Å². The summed E-state index contributed by atoms with van der Waals surface area (Å²) in [6, 6.07) is 14.3. The first-order valence-corrected chi connectivity index (χ1v) is 11.5. The Kier molecular flexibility index (Phi) is 6.55. The minimum atomic E-state index is -0.540. The molecule has 0 amide bonds. The highest BCUT2D eigenvalue weighted by Gasteiger charge is 2.20. The molecule has 5 aromatic rings. The van der Waals surface area contributed by atoms with Gasteiger partial charge in [0.1, 0.15) is 11.3 Å². The number of fused-ring (bicyclic) bond motifs is 1. The van der Waals surface area contributed by atoms with Gasteiger partial charge in [-0.1, -0.05) is 18.2 Å². The smallest absolute Gasteiger partial charge is 0.322 e. The zero-order chi connectivity index (χ0) is 25.9. The molecule has 0 bridgehead atoms. The first-order valence-electron chi connectivity index (χ1n) is 11.5. The maximum absolute atomic E-state index is 15.1. The predicted octanol–water partition coefficient (Wildman–Crippen LogP) is 5.29.